The molecule has 10 heteroatoms. The first-order chi connectivity index (χ1) is 15.3. The summed E-state index contributed by atoms with van der Waals surface area (Å²) in [5.41, 5.74) is 8.28. The van der Waals surface area contributed by atoms with Crippen molar-refractivity contribution in [2.75, 3.05) is 22.9 Å². The van der Waals surface area contributed by atoms with Gasteiger partial charge in [-0.2, -0.15) is 0 Å². The maximum atomic E-state index is 13.2. The normalized spacial score (nSPS) is 11.3. The maximum Gasteiger partial charge on any atom is 0.263 e. The molecule has 164 valence electrons. The standard InChI is InChI=1S/C22H20ClN5O3S/c1-13-7-8-14(24)11-20(13)32(29,30)28-22-21(25-17-5-3-4-6-18(17)26-22)27-19-12-15(31-2)9-10-16(19)23/h3-12H,24H2,1-2H3,(H,25,27)(H,26,28). The molecule has 0 saturated heterocycles. The third-order valence-electron chi connectivity index (χ3n) is 4.73. The van der Waals surface area contributed by atoms with Crippen molar-refractivity contribution in [2.24, 2.45) is 0 Å². The maximum absolute atomic E-state index is 13.2. The second kappa shape index (κ2) is 8.52. The summed E-state index contributed by atoms with van der Waals surface area (Å²) < 4.78 is 34.1. The van der Waals surface area contributed by atoms with Crippen LogP contribution >= 0.6 is 11.6 Å². The number of hydrogen-bond donors (Lipinski definition) is 3. The number of sulfonamides is 1. The van der Waals surface area contributed by atoms with E-state index in [1.165, 1.54) is 13.2 Å². The van der Waals surface area contributed by atoms with Crippen molar-refractivity contribution in [1.29, 1.82) is 0 Å². The van der Waals surface area contributed by atoms with Crippen molar-refractivity contribution >= 4 is 55.7 Å². The van der Waals surface area contributed by atoms with Gasteiger partial charge in [0.2, 0.25) is 0 Å². The van der Waals surface area contributed by atoms with Crippen molar-refractivity contribution < 1.29 is 13.2 Å². The number of anilines is 4. The number of nitrogens with zero attached hydrogens (tertiary/aromatic N) is 2. The summed E-state index contributed by atoms with van der Waals surface area (Å²) in [6.07, 6.45) is 0. The Labute approximate surface area is 190 Å². The fourth-order valence-electron chi connectivity index (χ4n) is 3.10. The van der Waals surface area contributed by atoms with Gasteiger partial charge in [0.15, 0.2) is 11.6 Å². The monoisotopic (exact) mass is 469 g/mol. The lowest BCUT2D eigenvalue weighted by Gasteiger charge is -2.16. The van der Waals surface area contributed by atoms with E-state index >= 15 is 0 Å². The Morgan fingerprint density at radius 1 is 0.969 bits per heavy atom. The Morgan fingerprint density at radius 3 is 2.34 bits per heavy atom. The van der Waals surface area contributed by atoms with Gasteiger partial charge in [-0.15, -0.1) is 0 Å². The van der Waals surface area contributed by atoms with Crippen LogP contribution in [-0.2, 0) is 10.0 Å². The zero-order valence-electron chi connectivity index (χ0n) is 17.3. The van der Waals surface area contributed by atoms with Crippen LogP contribution < -0.4 is 20.5 Å². The summed E-state index contributed by atoms with van der Waals surface area (Å²) in [6.45, 7) is 1.69. The highest BCUT2D eigenvalue weighted by molar-refractivity contribution is 7.92. The minimum Gasteiger partial charge on any atom is -0.497 e. The first-order valence-corrected chi connectivity index (χ1v) is 11.4. The van der Waals surface area contributed by atoms with Crippen LogP contribution in [0.15, 0.2) is 65.6 Å². The molecule has 0 atom stereocenters. The number of nitrogens with two attached hydrogens (primary N) is 1. The number of rotatable bonds is 6. The summed E-state index contributed by atoms with van der Waals surface area (Å²) in [6, 6.07) is 16.9. The fourth-order valence-corrected chi connectivity index (χ4v) is 4.56. The summed E-state index contributed by atoms with van der Waals surface area (Å²) in [5.74, 6) is 0.775. The van der Waals surface area contributed by atoms with Gasteiger partial charge >= 0.3 is 0 Å². The summed E-state index contributed by atoms with van der Waals surface area (Å²) >= 11 is 6.32. The number of para-hydroxylation sites is 2. The third kappa shape index (κ3) is 4.39. The van der Waals surface area contributed by atoms with Gasteiger partial charge < -0.3 is 15.8 Å². The number of methoxy groups -OCH3 is 1. The van der Waals surface area contributed by atoms with E-state index < -0.39 is 10.0 Å². The summed E-state index contributed by atoms with van der Waals surface area (Å²) in [5, 5.41) is 3.47. The summed E-state index contributed by atoms with van der Waals surface area (Å²) in [4.78, 5) is 9.10. The third-order valence-corrected chi connectivity index (χ3v) is 6.54. The van der Waals surface area contributed by atoms with Crippen molar-refractivity contribution in [3.8, 4) is 5.75 Å². The molecule has 0 unspecified atom stereocenters. The molecule has 0 amide bonds. The van der Waals surface area contributed by atoms with E-state index in [9.17, 15) is 8.42 Å². The van der Waals surface area contributed by atoms with Crippen LogP contribution in [0.3, 0.4) is 0 Å². The predicted molar refractivity (Wildman–Crippen MR) is 127 cm³/mol. The largest absolute Gasteiger partial charge is 0.497 e. The van der Waals surface area contributed by atoms with Crippen LogP contribution in [0.2, 0.25) is 5.02 Å². The Morgan fingerprint density at radius 2 is 1.66 bits per heavy atom. The molecule has 0 aliphatic carbocycles. The topological polar surface area (TPSA) is 119 Å². The molecule has 4 aromatic rings. The first kappa shape index (κ1) is 21.7. The molecule has 1 heterocycles. The van der Waals surface area contributed by atoms with Crippen LogP contribution in [0.4, 0.5) is 23.0 Å². The molecule has 3 aromatic carbocycles. The highest BCUT2D eigenvalue weighted by Gasteiger charge is 2.21. The SMILES string of the molecule is COc1ccc(Cl)c(Nc2nc3ccccc3nc2NS(=O)(=O)c2cc(N)ccc2C)c1. The van der Waals surface area contributed by atoms with E-state index in [0.717, 1.165) is 0 Å². The van der Waals surface area contributed by atoms with Gasteiger partial charge in [0.1, 0.15) is 5.75 Å². The zero-order valence-corrected chi connectivity index (χ0v) is 18.8. The van der Waals surface area contributed by atoms with Gasteiger partial charge in [0, 0.05) is 11.8 Å². The van der Waals surface area contributed by atoms with Crippen LogP contribution in [0.1, 0.15) is 5.56 Å². The number of aromatic nitrogens is 2. The van der Waals surface area contributed by atoms with Gasteiger partial charge in [-0.05, 0) is 48.9 Å². The zero-order chi connectivity index (χ0) is 22.9. The van der Waals surface area contributed by atoms with E-state index in [4.69, 9.17) is 22.1 Å². The molecule has 0 aliphatic rings. The van der Waals surface area contributed by atoms with Crippen LogP contribution in [0.25, 0.3) is 11.0 Å². The molecule has 0 aliphatic heterocycles. The number of hydrogen-bond acceptors (Lipinski definition) is 7. The minimum atomic E-state index is -4.00. The average molecular weight is 470 g/mol. The molecule has 0 spiro atoms. The lowest BCUT2D eigenvalue weighted by molar-refractivity contribution is 0.415. The Hall–Kier alpha value is -3.56. The van der Waals surface area contributed by atoms with Gasteiger partial charge in [0.05, 0.1) is 33.7 Å². The van der Waals surface area contributed by atoms with E-state index in [-0.39, 0.29) is 16.5 Å². The molecule has 32 heavy (non-hydrogen) atoms. The van der Waals surface area contributed by atoms with E-state index in [0.29, 0.717) is 38.7 Å². The van der Waals surface area contributed by atoms with Crippen LogP contribution in [0.5, 0.6) is 5.75 Å². The van der Waals surface area contributed by atoms with Gasteiger partial charge in [-0.25, -0.2) is 18.4 Å². The number of nitrogen functional groups attached to an aromatic ring is 1. The molecule has 0 radical (unpaired) electrons. The lowest BCUT2D eigenvalue weighted by atomic mass is 10.2. The molecular weight excluding hydrogens is 450 g/mol. The predicted octanol–water partition coefficient (Wildman–Crippen LogP) is 4.73. The lowest BCUT2D eigenvalue weighted by Crippen LogP contribution is -2.17. The average Bonchev–Trinajstić information content (AvgIpc) is 2.77. The van der Waals surface area contributed by atoms with Crippen molar-refractivity contribution in [3.05, 3.63) is 71.2 Å². The van der Waals surface area contributed by atoms with E-state index in [2.05, 4.69) is 20.0 Å². The molecule has 4 rings (SSSR count). The van der Waals surface area contributed by atoms with E-state index in [1.807, 2.05) is 6.07 Å². The second-order valence-corrected chi connectivity index (χ2v) is 9.07. The molecule has 0 saturated carbocycles. The van der Waals surface area contributed by atoms with Crippen molar-refractivity contribution in [3.63, 3.8) is 0 Å². The quantitative estimate of drug-likeness (QED) is 0.349. The van der Waals surface area contributed by atoms with Crippen molar-refractivity contribution in [1.82, 2.24) is 9.97 Å². The van der Waals surface area contributed by atoms with Crippen LogP contribution in [0, 0.1) is 6.92 Å². The minimum absolute atomic E-state index is 0.0180. The van der Waals surface area contributed by atoms with Gasteiger partial charge in [0.25, 0.3) is 10.0 Å². The fraction of sp³-hybridized carbons (Fsp3) is 0.0909. The number of halogens is 1. The Bertz CT molecular complexity index is 1430. The molecule has 0 bridgehead atoms. The molecular formula is C22H20ClN5O3S. The van der Waals surface area contributed by atoms with Gasteiger partial charge in [-0.1, -0.05) is 29.8 Å². The number of aryl methyl sites for hydroxylation is 1. The van der Waals surface area contributed by atoms with Crippen LogP contribution in [-0.4, -0.2) is 25.5 Å². The summed E-state index contributed by atoms with van der Waals surface area (Å²) in [7, 11) is -2.47. The van der Waals surface area contributed by atoms with E-state index in [1.54, 1.807) is 55.5 Å². The number of nitrogens with one attached hydrogen (secondary N) is 2. The number of fused-ring (bicyclic) bond motifs is 1. The first-order valence-electron chi connectivity index (χ1n) is 9.53. The molecule has 0 fully saturated rings. The Balaban J connectivity index is 1.82. The second-order valence-electron chi connectivity index (χ2n) is 7.01. The number of ether oxygens (including phenoxy) is 1. The molecule has 1 aromatic heterocycles. The van der Waals surface area contributed by atoms with Gasteiger partial charge in [-0.3, -0.25) is 4.72 Å². The Kier molecular flexibility index (Phi) is 5.77. The van der Waals surface area contributed by atoms with Crippen molar-refractivity contribution in [2.45, 2.75) is 11.8 Å². The molecule has 4 N–H and O–H groups in total. The highest BCUT2D eigenvalue weighted by atomic mass is 35.5. The molecule has 8 nitrogen and oxygen atoms in total. The number of benzene rings is 3. The highest BCUT2D eigenvalue weighted by Crippen LogP contribution is 2.33. The smallest absolute Gasteiger partial charge is 0.263 e.